The molecule has 9 heteroatoms. The highest BCUT2D eigenvalue weighted by Crippen LogP contribution is 2.33. The van der Waals surface area contributed by atoms with Gasteiger partial charge in [0.05, 0.1) is 35.2 Å². The predicted molar refractivity (Wildman–Crippen MR) is 94.7 cm³/mol. The van der Waals surface area contributed by atoms with E-state index in [0.29, 0.717) is 27.4 Å². The summed E-state index contributed by atoms with van der Waals surface area (Å²) in [7, 11) is -0.892. The van der Waals surface area contributed by atoms with Gasteiger partial charge in [0.1, 0.15) is 10.6 Å². The molecule has 126 valence electrons. The van der Waals surface area contributed by atoms with E-state index in [1.165, 1.54) is 38.8 Å². The lowest BCUT2D eigenvalue weighted by molar-refractivity contribution is 0.413. The van der Waals surface area contributed by atoms with Crippen LogP contribution in [-0.2, 0) is 10.0 Å². The Bertz CT molecular complexity index is 1020. The summed E-state index contributed by atoms with van der Waals surface area (Å²) >= 11 is 12.0. The fourth-order valence-electron chi connectivity index (χ4n) is 2.28. The Kier molecular flexibility index (Phi) is 4.33. The summed E-state index contributed by atoms with van der Waals surface area (Å²) in [5.41, 5.74) is 0.962. The van der Waals surface area contributed by atoms with Gasteiger partial charge in [-0.1, -0.05) is 23.2 Å². The van der Waals surface area contributed by atoms with E-state index in [1.54, 1.807) is 12.1 Å². The van der Waals surface area contributed by atoms with Gasteiger partial charge in [0.15, 0.2) is 0 Å². The first-order valence-electron chi connectivity index (χ1n) is 6.78. The van der Waals surface area contributed by atoms with E-state index in [-0.39, 0.29) is 9.92 Å². The number of H-pyrrole nitrogens is 1. The Hall–Kier alpha value is -1.96. The highest BCUT2D eigenvalue weighted by atomic mass is 35.5. The molecule has 0 amide bonds. The molecule has 0 aliphatic carbocycles. The van der Waals surface area contributed by atoms with Crippen molar-refractivity contribution in [1.29, 1.82) is 0 Å². The van der Waals surface area contributed by atoms with E-state index < -0.39 is 10.0 Å². The smallest absolute Gasteiger partial charge is 0.266 e. The van der Waals surface area contributed by atoms with Gasteiger partial charge in [-0.15, -0.1) is 0 Å². The molecule has 0 fully saturated rings. The first kappa shape index (κ1) is 16.9. The van der Waals surface area contributed by atoms with Crippen LogP contribution in [0, 0.1) is 0 Å². The van der Waals surface area contributed by atoms with Crippen molar-refractivity contribution in [2.24, 2.45) is 0 Å². The van der Waals surface area contributed by atoms with Crippen molar-refractivity contribution < 1.29 is 13.2 Å². The lowest BCUT2D eigenvalue weighted by Crippen LogP contribution is -2.26. The summed E-state index contributed by atoms with van der Waals surface area (Å²) in [5, 5.41) is 1.10. The molecular weight excluding hydrogens is 373 g/mol. The number of sulfonamides is 1. The number of hydrogen-bond acceptors (Lipinski definition) is 4. The largest absolute Gasteiger partial charge is 0.495 e. The molecule has 0 atom stereocenters. The number of rotatable bonds is 4. The Morgan fingerprint density at radius 2 is 1.88 bits per heavy atom. The van der Waals surface area contributed by atoms with Crippen molar-refractivity contribution in [2.45, 2.75) is 4.90 Å². The number of pyridine rings is 1. The number of aromatic nitrogens is 2. The average Bonchev–Trinajstić information content (AvgIpc) is 2.98. The average molecular weight is 386 g/mol. The first-order valence-corrected chi connectivity index (χ1v) is 8.98. The molecule has 1 N–H and O–H groups in total. The van der Waals surface area contributed by atoms with Crippen molar-refractivity contribution in [2.75, 3.05) is 18.5 Å². The molecule has 0 unspecified atom stereocenters. The summed E-state index contributed by atoms with van der Waals surface area (Å²) in [6.45, 7) is 0. The van der Waals surface area contributed by atoms with Crippen molar-refractivity contribution in [3.8, 4) is 5.75 Å². The van der Waals surface area contributed by atoms with Gasteiger partial charge in [0.25, 0.3) is 10.0 Å². The SMILES string of the molecule is COc1cncc(N(C)S(=O)(=O)c2c[nH]c3cc(Cl)c(Cl)cc23)c1. The highest BCUT2D eigenvalue weighted by molar-refractivity contribution is 7.93. The van der Waals surface area contributed by atoms with Crippen LogP contribution in [0.1, 0.15) is 0 Å². The Balaban J connectivity index is 2.12. The molecule has 0 spiro atoms. The van der Waals surface area contributed by atoms with E-state index >= 15 is 0 Å². The first-order chi connectivity index (χ1) is 11.3. The number of ether oxygens (including phenoxy) is 1. The number of methoxy groups -OCH3 is 1. The van der Waals surface area contributed by atoms with Crippen LogP contribution < -0.4 is 9.04 Å². The molecule has 3 aromatic rings. The molecule has 24 heavy (non-hydrogen) atoms. The van der Waals surface area contributed by atoms with E-state index in [9.17, 15) is 8.42 Å². The van der Waals surface area contributed by atoms with Gasteiger partial charge < -0.3 is 9.72 Å². The summed E-state index contributed by atoms with van der Waals surface area (Å²) < 4.78 is 32.1. The van der Waals surface area contributed by atoms with Crippen LogP contribution in [0.5, 0.6) is 5.75 Å². The maximum absolute atomic E-state index is 13.0. The van der Waals surface area contributed by atoms with Gasteiger partial charge in [0, 0.05) is 30.2 Å². The monoisotopic (exact) mass is 385 g/mol. The summed E-state index contributed by atoms with van der Waals surface area (Å²) in [6, 6.07) is 4.70. The number of fused-ring (bicyclic) bond motifs is 1. The second-order valence-corrected chi connectivity index (χ2v) is 7.77. The highest BCUT2D eigenvalue weighted by Gasteiger charge is 2.25. The zero-order chi connectivity index (χ0) is 17.5. The number of halogens is 2. The van der Waals surface area contributed by atoms with E-state index in [0.717, 1.165) is 4.31 Å². The quantitative estimate of drug-likeness (QED) is 0.742. The number of anilines is 1. The van der Waals surface area contributed by atoms with Crippen LogP contribution in [0.2, 0.25) is 10.0 Å². The number of hydrogen-bond donors (Lipinski definition) is 1. The Morgan fingerprint density at radius 3 is 2.58 bits per heavy atom. The van der Waals surface area contributed by atoms with Crippen molar-refractivity contribution in [1.82, 2.24) is 9.97 Å². The second-order valence-electron chi connectivity index (χ2n) is 5.02. The third-order valence-electron chi connectivity index (χ3n) is 3.62. The molecule has 3 rings (SSSR count). The number of nitrogens with zero attached hydrogens (tertiary/aromatic N) is 2. The Morgan fingerprint density at radius 1 is 1.17 bits per heavy atom. The van der Waals surface area contributed by atoms with Gasteiger partial charge >= 0.3 is 0 Å². The van der Waals surface area contributed by atoms with Gasteiger partial charge in [-0.25, -0.2) is 8.42 Å². The number of benzene rings is 1. The van der Waals surface area contributed by atoms with Crippen LogP contribution in [0.15, 0.2) is 41.7 Å². The fourth-order valence-corrected chi connectivity index (χ4v) is 3.94. The van der Waals surface area contributed by atoms with Crippen LogP contribution in [0.4, 0.5) is 5.69 Å². The fraction of sp³-hybridized carbons (Fsp3) is 0.133. The second kappa shape index (κ2) is 6.16. The number of nitrogens with one attached hydrogen (secondary N) is 1. The Labute approximate surface area is 149 Å². The van der Waals surface area contributed by atoms with Crippen LogP contribution in [-0.4, -0.2) is 32.5 Å². The lowest BCUT2D eigenvalue weighted by Gasteiger charge is -2.19. The molecule has 2 aromatic heterocycles. The molecule has 1 aromatic carbocycles. The van der Waals surface area contributed by atoms with Crippen molar-refractivity contribution in [3.05, 3.63) is 46.8 Å². The number of aromatic amines is 1. The molecule has 0 aliphatic heterocycles. The van der Waals surface area contributed by atoms with Gasteiger partial charge in [-0.2, -0.15) is 0 Å². The van der Waals surface area contributed by atoms with Crippen LogP contribution in [0.25, 0.3) is 10.9 Å². The summed E-state index contributed by atoms with van der Waals surface area (Å²) in [4.78, 5) is 6.98. The molecule has 2 heterocycles. The minimum atomic E-state index is -3.83. The van der Waals surface area contributed by atoms with Gasteiger partial charge in [-0.3, -0.25) is 9.29 Å². The minimum absolute atomic E-state index is 0.0985. The third kappa shape index (κ3) is 2.79. The predicted octanol–water partition coefficient (Wildman–Crippen LogP) is 3.70. The van der Waals surface area contributed by atoms with Crippen LogP contribution >= 0.6 is 23.2 Å². The van der Waals surface area contributed by atoms with Gasteiger partial charge in [-0.05, 0) is 12.1 Å². The molecule has 0 saturated carbocycles. The van der Waals surface area contributed by atoms with E-state index in [4.69, 9.17) is 27.9 Å². The van der Waals surface area contributed by atoms with Crippen molar-refractivity contribution in [3.63, 3.8) is 0 Å². The molecule has 6 nitrogen and oxygen atoms in total. The van der Waals surface area contributed by atoms with Crippen molar-refractivity contribution >= 4 is 49.8 Å². The maximum atomic E-state index is 13.0. The van der Waals surface area contributed by atoms with E-state index in [1.807, 2.05) is 0 Å². The molecule has 0 radical (unpaired) electrons. The van der Waals surface area contributed by atoms with E-state index in [2.05, 4.69) is 9.97 Å². The van der Waals surface area contributed by atoms with Crippen LogP contribution in [0.3, 0.4) is 0 Å². The zero-order valence-electron chi connectivity index (χ0n) is 12.7. The minimum Gasteiger partial charge on any atom is -0.495 e. The molecule has 0 bridgehead atoms. The molecule has 0 saturated heterocycles. The van der Waals surface area contributed by atoms with Gasteiger partial charge in [0.2, 0.25) is 0 Å². The molecular formula is C15H13Cl2N3O3S. The summed E-state index contributed by atoms with van der Waals surface area (Å²) in [5.74, 6) is 0.461. The lowest BCUT2D eigenvalue weighted by atomic mass is 10.2. The zero-order valence-corrected chi connectivity index (χ0v) is 15.1. The molecule has 0 aliphatic rings. The topological polar surface area (TPSA) is 75.3 Å². The maximum Gasteiger partial charge on any atom is 0.266 e. The normalized spacial score (nSPS) is 11.7. The summed E-state index contributed by atoms with van der Waals surface area (Å²) in [6.07, 6.45) is 4.35. The third-order valence-corrected chi connectivity index (χ3v) is 6.17. The standard InChI is InChI=1S/C15H13Cl2N3O3S/c1-20(9-3-10(23-2)7-18-6-9)24(21,22)15-8-19-14-5-13(17)12(16)4-11(14)15/h3-8,19H,1-2H3.